The number of hydrogen-bond donors (Lipinski definition) is 1. The molecule has 9 heteroatoms. The summed E-state index contributed by atoms with van der Waals surface area (Å²) in [5.74, 6) is -0.314. The van der Waals surface area contributed by atoms with Gasteiger partial charge in [-0.25, -0.2) is 0 Å². The van der Waals surface area contributed by atoms with Crippen molar-refractivity contribution in [2.75, 3.05) is 14.1 Å². The largest absolute Gasteiger partial charge is 0.380 e. The van der Waals surface area contributed by atoms with Crippen molar-refractivity contribution in [1.29, 1.82) is 0 Å². The van der Waals surface area contributed by atoms with Crippen molar-refractivity contribution in [3.8, 4) is 5.75 Å². The van der Waals surface area contributed by atoms with E-state index in [4.69, 9.17) is 5.14 Å². The van der Waals surface area contributed by atoms with Gasteiger partial charge in [-0.3, -0.25) is 9.80 Å². The molecular weight excluding hydrogens is 332 g/mol. The molecule has 2 aromatic carbocycles. The molecule has 24 heavy (non-hydrogen) atoms. The highest BCUT2D eigenvalue weighted by Gasteiger charge is 2.12. The van der Waals surface area contributed by atoms with Gasteiger partial charge in [0.25, 0.3) is 0 Å². The van der Waals surface area contributed by atoms with E-state index < -0.39 is 10.3 Å². The lowest BCUT2D eigenvalue weighted by atomic mass is 10.0. The minimum Gasteiger partial charge on any atom is -0.371 e. The monoisotopic (exact) mass is 348 g/mol. The van der Waals surface area contributed by atoms with Gasteiger partial charge in [-0.2, -0.15) is 13.6 Å². The van der Waals surface area contributed by atoms with Crippen LogP contribution < -0.4 is 9.32 Å². The van der Waals surface area contributed by atoms with Crippen LogP contribution >= 0.6 is 0 Å². The van der Waals surface area contributed by atoms with Gasteiger partial charge < -0.3 is 4.18 Å². The molecule has 0 unspecified atom stereocenters. The van der Waals surface area contributed by atoms with Crippen LogP contribution in [0.3, 0.4) is 0 Å². The summed E-state index contributed by atoms with van der Waals surface area (Å²) in [5.41, 5.74) is 1.30. The number of carbonyl (C=O) groups is 1. The van der Waals surface area contributed by atoms with Gasteiger partial charge in [-0.15, -0.1) is 5.11 Å². The van der Waals surface area contributed by atoms with Crippen molar-refractivity contribution in [3.05, 3.63) is 59.7 Å². The second-order valence-electron chi connectivity index (χ2n) is 5.02. The SMILES string of the molecule is CN(C)N=Nc1ccc(C(=O)c2cccc(OS(N)(=O)=O)c2)cc1. The van der Waals surface area contributed by atoms with Crippen LogP contribution in [0, 0.1) is 0 Å². The zero-order valence-electron chi connectivity index (χ0n) is 13.1. The Kier molecular flexibility index (Phi) is 5.27. The summed E-state index contributed by atoms with van der Waals surface area (Å²) in [6, 6.07) is 12.3. The maximum absolute atomic E-state index is 12.4. The maximum atomic E-state index is 12.4. The first kappa shape index (κ1) is 17.6. The third kappa shape index (κ3) is 5.14. The molecule has 0 amide bonds. The van der Waals surface area contributed by atoms with E-state index in [1.807, 2.05) is 0 Å². The molecule has 0 aliphatic carbocycles. The van der Waals surface area contributed by atoms with E-state index in [0.29, 0.717) is 11.3 Å². The second-order valence-corrected chi connectivity index (χ2v) is 6.17. The average molecular weight is 348 g/mol. The summed E-state index contributed by atoms with van der Waals surface area (Å²) in [7, 11) is -0.645. The average Bonchev–Trinajstić information content (AvgIpc) is 2.51. The standard InChI is InChI=1S/C15H16N4O4S/c1-19(2)18-17-13-8-6-11(7-9-13)15(20)12-4-3-5-14(10-12)23-24(16,21)22/h3-10H,1-2H3,(H2,16,21,22). The van der Waals surface area contributed by atoms with E-state index in [-0.39, 0.29) is 17.1 Å². The van der Waals surface area contributed by atoms with E-state index >= 15 is 0 Å². The molecule has 0 aliphatic rings. The topological polar surface area (TPSA) is 114 Å². The normalized spacial score (nSPS) is 11.5. The first-order valence-corrected chi connectivity index (χ1v) is 8.28. The smallest absolute Gasteiger partial charge is 0.371 e. The van der Waals surface area contributed by atoms with Crippen LogP contribution in [0.25, 0.3) is 0 Å². The molecule has 0 fully saturated rings. The zero-order valence-corrected chi connectivity index (χ0v) is 13.9. The highest BCUT2D eigenvalue weighted by atomic mass is 32.2. The molecule has 0 spiro atoms. The third-order valence-electron chi connectivity index (χ3n) is 2.78. The summed E-state index contributed by atoms with van der Waals surface area (Å²) < 4.78 is 26.5. The van der Waals surface area contributed by atoms with Crippen molar-refractivity contribution in [1.82, 2.24) is 5.01 Å². The Morgan fingerprint density at radius 3 is 2.33 bits per heavy atom. The number of ketones is 1. The van der Waals surface area contributed by atoms with Crippen molar-refractivity contribution < 1.29 is 17.4 Å². The summed E-state index contributed by atoms with van der Waals surface area (Å²) in [5, 5.41) is 14.2. The quantitative estimate of drug-likeness (QED) is 0.487. The fourth-order valence-corrected chi connectivity index (χ4v) is 2.18. The minimum atomic E-state index is -4.14. The Labute approximate surface area is 139 Å². The summed E-state index contributed by atoms with van der Waals surface area (Å²) >= 11 is 0. The Bertz CT molecular complexity index is 861. The van der Waals surface area contributed by atoms with Crippen molar-refractivity contribution >= 4 is 21.8 Å². The number of rotatable bonds is 6. The Balaban J connectivity index is 2.21. The van der Waals surface area contributed by atoms with E-state index in [1.165, 1.54) is 18.2 Å². The van der Waals surface area contributed by atoms with E-state index in [9.17, 15) is 13.2 Å². The highest BCUT2D eigenvalue weighted by Crippen LogP contribution is 2.20. The second kappa shape index (κ2) is 7.20. The summed E-state index contributed by atoms with van der Waals surface area (Å²) in [4.78, 5) is 12.4. The molecule has 2 rings (SSSR count). The third-order valence-corrected chi connectivity index (χ3v) is 3.20. The van der Waals surface area contributed by atoms with Crippen LogP contribution in [0.4, 0.5) is 5.69 Å². The summed E-state index contributed by atoms with van der Waals surface area (Å²) in [6.07, 6.45) is 0. The molecular formula is C15H16N4O4S. The molecule has 0 heterocycles. The Morgan fingerprint density at radius 2 is 1.75 bits per heavy atom. The molecule has 126 valence electrons. The van der Waals surface area contributed by atoms with Crippen LogP contribution in [0.15, 0.2) is 58.9 Å². The van der Waals surface area contributed by atoms with Crippen LogP contribution in [-0.2, 0) is 10.3 Å². The minimum absolute atomic E-state index is 0.0280. The van der Waals surface area contributed by atoms with E-state index in [2.05, 4.69) is 14.5 Å². The molecule has 0 aromatic heterocycles. The van der Waals surface area contributed by atoms with Crippen LogP contribution in [0.2, 0.25) is 0 Å². The first-order valence-electron chi connectivity index (χ1n) is 6.80. The fraction of sp³-hybridized carbons (Fsp3) is 0.133. The molecule has 2 aromatic rings. The fourth-order valence-electron chi connectivity index (χ4n) is 1.81. The molecule has 0 atom stereocenters. The van der Waals surface area contributed by atoms with E-state index in [0.717, 1.165) is 0 Å². The predicted octanol–water partition coefficient (Wildman–Crippen LogP) is 2.06. The van der Waals surface area contributed by atoms with Crippen molar-refractivity contribution in [2.45, 2.75) is 0 Å². The molecule has 0 radical (unpaired) electrons. The lowest BCUT2D eigenvalue weighted by Gasteiger charge is -2.05. The van der Waals surface area contributed by atoms with Crippen LogP contribution in [-0.4, -0.2) is 33.3 Å². The highest BCUT2D eigenvalue weighted by molar-refractivity contribution is 7.84. The molecule has 2 N–H and O–H groups in total. The van der Waals surface area contributed by atoms with Gasteiger partial charge in [0.15, 0.2) is 5.78 Å². The van der Waals surface area contributed by atoms with Gasteiger partial charge in [0.05, 0.1) is 5.69 Å². The summed E-state index contributed by atoms with van der Waals surface area (Å²) in [6.45, 7) is 0. The van der Waals surface area contributed by atoms with Gasteiger partial charge in [0.1, 0.15) is 5.75 Å². The first-order chi connectivity index (χ1) is 11.2. The number of nitrogens with two attached hydrogens (primary N) is 1. The predicted molar refractivity (Wildman–Crippen MR) is 88.3 cm³/mol. The lowest BCUT2D eigenvalue weighted by molar-refractivity contribution is 0.103. The van der Waals surface area contributed by atoms with Crippen LogP contribution in [0.5, 0.6) is 5.75 Å². The molecule has 0 saturated heterocycles. The van der Waals surface area contributed by atoms with Gasteiger partial charge >= 0.3 is 10.3 Å². The van der Waals surface area contributed by atoms with Gasteiger partial charge in [0.2, 0.25) is 0 Å². The number of carbonyl (C=O) groups excluding carboxylic acids is 1. The van der Waals surface area contributed by atoms with Gasteiger partial charge in [-0.05, 0) is 36.4 Å². The molecule has 0 aliphatic heterocycles. The number of nitrogens with zero attached hydrogens (tertiary/aromatic N) is 3. The Morgan fingerprint density at radius 1 is 1.08 bits per heavy atom. The molecule has 0 bridgehead atoms. The number of hydrogen-bond acceptors (Lipinski definition) is 6. The maximum Gasteiger partial charge on any atom is 0.380 e. The van der Waals surface area contributed by atoms with Gasteiger partial charge in [-0.1, -0.05) is 17.4 Å². The molecule has 8 nitrogen and oxygen atoms in total. The van der Waals surface area contributed by atoms with Gasteiger partial charge in [0, 0.05) is 25.2 Å². The Hall–Kier alpha value is -2.78. The van der Waals surface area contributed by atoms with Crippen molar-refractivity contribution in [2.24, 2.45) is 15.5 Å². The zero-order chi connectivity index (χ0) is 17.7. The number of benzene rings is 2. The van der Waals surface area contributed by atoms with E-state index in [1.54, 1.807) is 49.4 Å². The lowest BCUT2D eigenvalue weighted by Crippen LogP contribution is -2.19. The molecule has 0 saturated carbocycles. The van der Waals surface area contributed by atoms with Crippen LogP contribution in [0.1, 0.15) is 15.9 Å². The van der Waals surface area contributed by atoms with Crippen molar-refractivity contribution in [3.63, 3.8) is 0 Å².